The number of hydrogen-bond donors (Lipinski definition) is 0. The van der Waals surface area contributed by atoms with Gasteiger partial charge >= 0.3 is 5.88 Å². The molecule has 9 heteroatoms. The lowest BCUT2D eigenvalue weighted by Gasteiger charge is -2.33. The first-order valence-electron chi connectivity index (χ1n) is 10.2. The minimum atomic E-state index is -1.75. The summed E-state index contributed by atoms with van der Waals surface area (Å²) in [7, 11) is 1.63. The number of hydrogen-bond acceptors (Lipinski definition) is 7. The zero-order valence-corrected chi connectivity index (χ0v) is 18.9. The summed E-state index contributed by atoms with van der Waals surface area (Å²) in [5, 5.41) is 11.2. The maximum atomic E-state index is 13.9. The monoisotopic (exact) mass is 508 g/mol. The van der Waals surface area contributed by atoms with Crippen LogP contribution in [-0.4, -0.2) is 46.3 Å². The van der Waals surface area contributed by atoms with Crippen LogP contribution in [0.25, 0.3) is 0 Å². The molecule has 1 aromatic heterocycles. The van der Waals surface area contributed by atoms with Crippen molar-refractivity contribution in [3.05, 3.63) is 97.7 Å². The number of halogens is 1. The highest BCUT2D eigenvalue weighted by Crippen LogP contribution is 2.52. The predicted molar refractivity (Wildman–Crippen MR) is 121 cm³/mol. The first-order valence-corrected chi connectivity index (χ1v) is 11.0. The number of benzene rings is 2. The van der Waals surface area contributed by atoms with E-state index in [-0.39, 0.29) is 23.4 Å². The molecule has 33 heavy (non-hydrogen) atoms. The fourth-order valence-corrected chi connectivity index (χ4v) is 5.58. The maximum Gasteiger partial charge on any atom is 0.433 e. The molecule has 0 saturated carbocycles. The van der Waals surface area contributed by atoms with Crippen LogP contribution >= 0.6 is 15.9 Å². The number of carbonyl (C=O) groups is 3. The lowest BCUT2D eigenvalue weighted by atomic mass is 9.71. The average molecular weight is 509 g/mol. The van der Waals surface area contributed by atoms with E-state index in [4.69, 9.17) is 4.42 Å². The van der Waals surface area contributed by atoms with E-state index in [0.29, 0.717) is 10.0 Å². The number of nitrogens with zero attached hydrogens (tertiary/aromatic N) is 2. The number of carbonyl (C=O) groups excluding carboxylic acids is 3. The van der Waals surface area contributed by atoms with Gasteiger partial charge in [0.05, 0.1) is 12.0 Å². The third kappa shape index (κ3) is 2.96. The van der Waals surface area contributed by atoms with E-state index in [9.17, 15) is 24.5 Å². The van der Waals surface area contributed by atoms with Crippen molar-refractivity contribution in [2.75, 3.05) is 13.6 Å². The van der Waals surface area contributed by atoms with E-state index < -0.39 is 45.5 Å². The zero-order valence-electron chi connectivity index (χ0n) is 17.4. The van der Waals surface area contributed by atoms with Crippen LogP contribution in [0.3, 0.4) is 0 Å². The smallest absolute Gasteiger partial charge is 0.405 e. The number of nitro groups is 1. The van der Waals surface area contributed by atoms with Crippen LogP contribution in [0, 0.1) is 16.0 Å². The van der Waals surface area contributed by atoms with E-state index in [1.165, 1.54) is 12.1 Å². The van der Waals surface area contributed by atoms with Crippen molar-refractivity contribution in [2.24, 2.45) is 5.92 Å². The van der Waals surface area contributed by atoms with Crippen molar-refractivity contribution < 1.29 is 23.7 Å². The molecular weight excluding hydrogens is 492 g/mol. The van der Waals surface area contributed by atoms with Crippen molar-refractivity contribution in [1.82, 2.24) is 4.90 Å². The molecule has 3 aromatic rings. The van der Waals surface area contributed by atoms with E-state index in [0.717, 1.165) is 0 Å². The molecule has 0 N–H and O–H groups in total. The molecule has 0 radical (unpaired) electrons. The summed E-state index contributed by atoms with van der Waals surface area (Å²) >= 11 is 3.36. The molecule has 2 heterocycles. The summed E-state index contributed by atoms with van der Waals surface area (Å²) in [5.74, 6) is -3.43. The van der Waals surface area contributed by atoms with Crippen molar-refractivity contribution in [2.45, 2.75) is 11.5 Å². The Hall–Kier alpha value is -3.43. The van der Waals surface area contributed by atoms with Crippen LogP contribution in [0.2, 0.25) is 0 Å². The third-order valence-corrected chi connectivity index (χ3v) is 7.08. The predicted octanol–water partition coefficient (Wildman–Crippen LogP) is 4.30. The van der Waals surface area contributed by atoms with Crippen LogP contribution in [0.5, 0.6) is 0 Å². The summed E-state index contributed by atoms with van der Waals surface area (Å²) in [6.45, 7) is 0.139. The Morgan fingerprint density at radius 2 is 1.76 bits per heavy atom. The molecule has 8 nitrogen and oxygen atoms in total. The highest BCUT2D eigenvalue weighted by Gasteiger charge is 2.68. The topological polar surface area (TPSA) is 111 Å². The Morgan fingerprint density at radius 3 is 2.33 bits per heavy atom. The number of likely N-dealkylation sites (tertiary alicyclic amines) is 1. The van der Waals surface area contributed by atoms with E-state index in [2.05, 4.69) is 15.9 Å². The van der Waals surface area contributed by atoms with Gasteiger partial charge in [0.25, 0.3) is 0 Å². The molecular formula is C24H17BrN2O6. The SMILES string of the molecule is CN1C[C@H](c2ccc([N+](=O)[O-])o2)[C@@H](C(=O)c2cccc(Br)c2)C12C(=O)c1ccccc1C2=O. The van der Waals surface area contributed by atoms with E-state index in [1.54, 1.807) is 60.5 Å². The molecule has 166 valence electrons. The van der Waals surface area contributed by atoms with Gasteiger partial charge in [-0.3, -0.25) is 29.4 Å². The minimum Gasteiger partial charge on any atom is -0.405 e. The van der Waals surface area contributed by atoms with Crippen LogP contribution in [-0.2, 0) is 0 Å². The molecule has 5 rings (SSSR count). The summed E-state index contributed by atoms with van der Waals surface area (Å²) in [6, 6.07) is 15.9. The van der Waals surface area contributed by atoms with Crippen molar-refractivity contribution in [3.8, 4) is 0 Å². The Morgan fingerprint density at radius 1 is 1.09 bits per heavy atom. The van der Waals surface area contributed by atoms with E-state index in [1.807, 2.05) is 0 Å². The summed E-state index contributed by atoms with van der Waals surface area (Å²) in [6.07, 6.45) is 0. The van der Waals surface area contributed by atoms with Gasteiger partial charge in [-0.2, -0.15) is 0 Å². The fraction of sp³-hybridized carbons (Fsp3) is 0.208. The normalized spacial score (nSPS) is 21.5. The molecule has 0 amide bonds. The molecule has 0 bridgehead atoms. The number of fused-ring (bicyclic) bond motifs is 1. The fourth-order valence-electron chi connectivity index (χ4n) is 5.18. The number of rotatable bonds is 4. The van der Waals surface area contributed by atoms with Gasteiger partial charge in [-0.05, 0) is 25.2 Å². The molecule has 1 saturated heterocycles. The largest absolute Gasteiger partial charge is 0.433 e. The maximum absolute atomic E-state index is 13.9. The Kier molecular flexibility index (Phi) is 4.91. The van der Waals surface area contributed by atoms with Crippen molar-refractivity contribution in [3.63, 3.8) is 0 Å². The van der Waals surface area contributed by atoms with Crippen molar-refractivity contribution in [1.29, 1.82) is 0 Å². The number of likely N-dealkylation sites (N-methyl/N-ethyl adjacent to an activating group) is 1. The number of furan rings is 1. The van der Waals surface area contributed by atoms with Crippen LogP contribution < -0.4 is 0 Å². The second-order valence-corrected chi connectivity index (χ2v) is 9.16. The summed E-state index contributed by atoms with van der Waals surface area (Å²) in [4.78, 5) is 53.6. The van der Waals surface area contributed by atoms with Gasteiger partial charge in [-0.15, -0.1) is 0 Å². The molecule has 2 aromatic carbocycles. The van der Waals surface area contributed by atoms with Gasteiger partial charge in [0, 0.05) is 33.6 Å². The van der Waals surface area contributed by atoms with Gasteiger partial charge in [0.2, 0.25) is 0 Å². The third-order valence-electron chi connectivity index (χ3n) is 6.58. The molecule has 1 spiro atoms. The molecule has 2 aliphatic rings. The lowest BCUT2D eigenvalue weighted by molar-refractivity contribution is -0.402. The molecule has 1 aliphatic carbocycles. The first-order chi connectivity index (χ1) is 15.8. The molecule has 1 aliphatic heterocycles. The second kappa shape index (κ2) is 7.57. The summed E-state index contributed by atoms with van der Waals surface area (Å²) < 4.78 is 6.13. The minimum absolute atomic E-state index is 0.139. The Balaban J connectivity index is 1.71. The highest BCUT2D eigenvalue weighted by atomic mass is 79.9. The standard InChI is InChI=1S/C24H17BrN2O6/c1-26-12-17(18-9-10-19(33-18)27(31)32)20(21(28)13-5-4-6-14(25)11-13)24(26)22(29)15-7-2-3-8-16(15)23(24)30/h2-11,17,20H,12H2,1H3/t17-,20+/m1/s1. The van der Waals surface area contributed by atoms with Crippen LogP contribution in [0.15, 0.2) is 69.6 Å². The second-order valence-electron chi connectivity index (χ2n) is 8.24. The quantitative estimate of drug-likeness (QED) is 0.223. The average Bonchev–Trinajstić information content (AvgIpc) is 3.46. The van der Waals surface area contributed by atoms with Gasteiger partial charge in [-0.25, -0.2) is 0 Å². The van der Waals surface area contributed by atoms with Crippen LogP contribution in [0.1, 0.15) is 42.8 Å². The van der Waals surface area contributed by atoms with E-state index >= 15 is 0 Å². The zero-order chi connectivity index (χ0) is 23.5. The summed E-state index contributed by atoms with van der Waals surface area (Å²) in [5.41, 5.74) is -0.887. The van der Waals surface area contributed by atoms with Gasteiger partial charge in [0.1, 0.15) is 10.7 Å². The molecule has 1 fully saturated rings. The number of Topliss-reactive ketones (excluding diaryl/α,β-unsaturated/α-hetero) is 3. The molecule has 2 atom stereocenters. The van der Waals surface area contributed by atoms with Gasteiger partial charge < -0.3 is 4.42 Å². The lowest BCUT2D eigenvalue weighted by Crippen LogP contribution is -2.57. The van der Waals surface area contributed by atoms with Gasteiger partial charge in [0.15, 0.2) is 22.9 Å². The highest BCUT2D eigenvalue weighted by molar-refractivity contribution is 9.10. The van der Waals surface area contributed by atoms with Crippen molar-refractivity contribution >= 4 is 39.2 Å². The Labute approximate surface area is 196 Å². The Bertz CT molecular complexity index is 1310. The van der Waals surface area contributed by atoms with Gasteiger partial charge in [-0.1, -0.05) is 52.3 Å². The first kappa shape index (κ1) is 21.4. The molecule has 0 unspecified atom stereocenters. The number of ketones is 3. The van der Waals surface area contributed by atoms with Crippen LogP contribution in [0.4, 0.5) is 5.88 Å².